The number of rotatable bonds is 8. The Morgan fingerprint density at radius 3 is 1.91 bits per heavy atom. The summed E-state index contributed by atoms with van der Waals surface area (Å²) in [6.45, 7) is 0. The Morgan fingerprint density at radius 2 is 1.03 bits per heavy atom. The van der Waals surface area contributed by atoms with Gasteiger partial charge in [-0.25, -0.2) is 0 Å². The van der Waals surface area contributed by atoms with Crippen LogP contribution in [0.5, 0.6) is 0 Å². The molecule has 3 heteroatoms. The Kier molecular flexibility index (Phi) is 9.31. The van der Waals surface area contributed by atoms with Crippen LogP contribution in [0.4, 0.5) is 17.1 Å². The zero-order valence-corrected chi connectivity index (χ0v) is 36.8. The Labute approximate surface area is 389 Å². The average molecular weight is 857 g/mol. The maximum absolute atomic E-state index is 6.32. The molecule has 0 spiro atoms. The molecule has 0 unspecified atom stereocenters. The minimum absolute atomic E-state index is 0.898. The first kappa shape index (κ1) is 38.8. The van der Waals surface area contributed by atoms with Crippen LogP contribution in [0.3, 0.4) is 0 Å². The third kappa shape index (κ3) is 6.66. The predicted octanol–water partition coefficient (Wildman–Crippen LogP) is 15.9. The molecule has 3 nitrogen and oxygen atoms in total. The van der Waals surface area contributed by atoms with Gasteiger partial charge in [-0.15, -0.1) is 0 Å². The quantitative estimate of drug-likeness (QED) is 0.152. The van der Waals surface area contributed by atoms with E-state index in [1.807, 2.05) is 12.1 Å². The molecule has 0 amide bonds. The topological polar surface area (TPSA) is 21.3 Å². The van der Waals surface area contributed by atoms with E-state index in [0.29, 0.717) is 0 Å². The smallest absolute Gasteiger partial charge is 0.136 e. The number of hydrogen-bond donors (Lipinski definition) is 0. The van der Waals surface area contributed by atoms with Gasteiger partial charge in [-0.2, -0.15) is 0 Å². The molecule has 10 aromatic carbocycles. The summed E-state index contributed by atoms with van der Waals surface area (Å²) in [6.07, 6.45) is 4.34. The van der Waals surface area contributed by atoms with Crippen molar-refractivity contribution in [1.82, 2.24) is 4.57 Å². The summed E-state index contributed by atoms with van der Waals surface area (Å²) in [6, 6.07) is 85.9. The van der Waals surface area contributed by atoms with Gasteiger partial charge in [-0.3, -0.25) is 0 Å². The molecule has 0 N–H and O–H groups in total. The molecule has 0 aliphatic heterocycles. The number of para-hydroxylation sites is 4. The lowest BCUT2D eigenvalue weighted by Gasteiger charge is -2.29. The Balaban J connectivity index is 0.982. The van der Waals surface area contributed by atoms with E-state index >= 15 is 0 Å². The van der Waals surface area contributed by atoms with Gasteiger partial charge in [0.2, 0.25) is 0 Å². The second-order valence-electron chi connectivity index (χ2n) is 17.5. The van der Waals surface area contributed by atoms with Crippen molar-refractivity contribution in [3.63, 3.8) is 0 Å². The maximum Gasteiger partial charge on any atom is 0.136 e. The van der Waals surface area contributed by atoms with Crippen LogP contribution in [-0.2, 0) is 0 Å². The predicted molar refractivity (Wildman–Crippen MR) is 281 cm³/mol. The second-order valence-corrected chi connectivity index (χ2v) is 17.5. The third-order valence-corrected chi connectivity index (χ3v) is 13.7. The maximum atomic E-state index is 6.32. The molecule has 0 atom stereocenters. The van der Waals surface area contributed by atoms with Crippen LogP contribution < -0.4 is 15.3 Å². The monoisotopic (exact) mass is 856 g/mol. The van der Waals surface area contributed by atoms with E-state index < -0.39 is 0 Å². The molecule has 0 bridgehead atoms. The molecule has 2 heterocycles. The highest BCUT2D eigenvalue weighted by Crippen LogP contribution is 2.43. The number of benzene rings is 10. The molecule has 0 saturated heterocycles. The first-order valence-corrected chi connectivity index (χ1v) is 23.2. The van der Waals surface area contributed by atoms with Crippen LogP contribution in [0.25, 0.3) is 94.5 Å². The van der Waals surface area contributed by atoms with Crippen LogP contribution in [0, 0.1) is 0 Å². The minimum atomic E-state index is 0.898. The Bertz CT molecular complexity index is 3970. The summed E-state index contributed by atoms with van der Waals surface area (Å²) in [5, 5.41) is 7.36. The number of aromatic nitrogens is 1. The molecule has 316 valence electrons. The van der Waals surface area contributed by atoms with Crippen molar-refractivity contribution in [2.45, 2.75) is 12.8 Å². The van der Waals surface area contributed by atoms with Crippen molar-refractivity contribution in [3.8, 4) is 39.1 Å². The van der Waals surface area contributed by atoms with E-state index in [0.717, 1.165) is 74.2 Å². The molecule has 13 rings (SSSR count). The van der Waals surface area contributed by atoms with E-state index in [9.17, 15) is 0 Å². The van der Waals surface area contributed by atoms with Crippen LogP contribution >= 0.6 is 0 Å². The lowest BCUT2D eigenvalue weighted by molar-refractivity contribution is 0.669. The zero-order chi connectivity index (χ0) is 44.3. The fourth-order valence-corrected chi connectivity index (χ4v) is 10.6. The summed E-state index contributed by atoms with van der Waals surface area (Å²) in [5.41, 5.74) is 18.4. The lowest BCUT2D eigenvalue weighted by Crippen LogP contribution is -2.32. The molecular formula is C64H44N2O. The lowest BCUT2D eigenvalue weighted by atomic mass is 9.88. The first-order chi connectivity index (χ1) is 33.2. The van der Waals surface area contributed by atoms with Crippen molar-refractivity contribution in [3.05, 3.63) is 253 Å². The molecule has 0 radical (unpaired) electrons. The number of fused-ring (bicyclic) bond motifs is 7. The molecule has 67 heavy (non-hydrogen) atoms. The van der Waals surface area contributed by atoms with Crippen LogP contribution in [-0.4, -0.2) is 4.57 Å². The van der Waals surface area contributed by atoms with Crippen molar-refractivity contribution in [2.75, 3.05) is 4.90 Å². The Hall–Kier alpha value is -8.66. The SMILES string of the molecule is C1=c2cccc(-c3ccccc3)c2=C(c2ccccc2N(c2ccc(-c3ccc4c(c3)oc3ccccc34)cc2)c2cccc(-c3ccc4c(c3)c3ccccc3n4-c3ccccc3)c2)CC1. The second kappa shape index (κ2) is 16.1. The Morgan fingerprint density at radius 1 is 0.388 bits per heavy atom. The summed E-state index contributed by atoms with van der Waals surface area (Å²) >= 11 is 0. The van der Waals surface area contributed by atoms with E-state index in [2.05, 4.69) is 240 Å². The number of furan rings is 1. The zero-order valence-electron chi connectivity index (χ0n) is 36.8. The largest absolute Gasteiger partial charge is 0.456 e. The molecule has 2 aromatic heterocycles. The third-order valence-electron chi connectivity index (χ3n) is 13.7. The number of hydrogen-bond acceptors (Lipinski definition) is 2. The summed E-state index contributed by atoms with van der Waals surface area (Å²) < 4.78 is 8.70. The van der Waals surface area contributed by atoms with Gasteiger partial charge in [0.05, 0.1) is 16.7 Å². The van der Waals surface area contributed by atoms with Gasteiger partial charge in [0.1, 0.15) is 11.2 Å². The van der Waals surface area contributed by atoms with E-state index in [1.165, 1.54) is 60.1 Å². The van der Waals surface area contributed by atoms with Crippen LogP contribution in [0.15, 0.2) is 241 Å². The van der Waals surface area contributed by atoms with Crippen molar-refractivity contribution < 1.29 is 4.42 Å². The van der Waals surface area contributed by atoms with Crippen LogP contribution in [0.1, 0.15) is 18.4 Å². The number of anilines is 3. The summed E-state index contributed by atoms with van der Waals surface area (Å²) in [7, 11) is 0. The van der Waals surface area contributed by atoms with Crippen LogP contribution in [0.2, 0.25) is 0 Å². The number of nitrogens with zero attached hydrogens (tertiary/aromatic N) is 2. The fraction of sp³-hybridized carbons (Fsp3) is 0.0312. The summed E-state index contributed by atoms with van der Waals surface area (Å²) in [5.74, 6) is 0. The van der Waals surface area contributed by atoms with Gasteiger partial charge < -0.3 is 13.9 Å². The highest BCUT2D eigenvalue weighted by atomic mass is 16.3. The van der Waals surface area contributed by atoms with Crippen molar-refractivity contribution >= 4 is 72.5 Å². The van der Waals surface area contributed by atoms with E-state index in [4.69, 9.17) is 4.42 Å². The normalized spacial score (nSPS) is 12.4. The summed E-state index contributed by atoms with van der Waals surface area (Å²) in [4.78, 5) is 2.46. The van der Waals surface area contributed by atoms with E-state index in [1.54, 1.807) is 0 Å². The molecule has 1 aliphatic carbocycles. The minimum Gasteiger partial charge on any atom is -0.456 e. The standard InChI is InChI=1S/C64H44N2O/c1-3-16-44(17-4-1)52-27-14-18-45-19-15-28-57(64(45)52)53-24-7-10-29-59(53)65(50-36-32-43(33-37-50)48-34-38-56-55-26-9-12-31-62(55)67-63(56)42-48)51-23-13-20-46(40-51)47-35-39-61-58(41-47)54-25-8-11-30-60(54)66(61)49-21-5-2-6-22-49/h1-14,16-27,29-42H,15,28H2. The molecule has 0 fully saturated rings. The molecule has 0 saturated carbocycles. The van der Waals surface area contributed by atoms with Gasteiger partial charge in [-0.05, 0) is 141 Å². The average Bonchev–Trinajstić information content (AvgIpc) is 3.94. The van der Waals surface area contributed by atoms with Gasteiger partial charge in [-0.1, -0.05) is 164 Å². The van der Waals surface area contributed by atoms with Gasteiger partial charge in [0.25, 0.3) is 0 Å². The van der Waals surface area contributed by atoms with Gasteiger partial charge >= 0.3 is 0 Å². The molecular weight excluding hydrogens is 813 g/mol. The first-order valence-electron chi connectivity index (χ1n) is 23.2. The van der Waals surface area contributed by atoms with Crippen molar-refractivity contribution in [1.29, 1.82) is 0 Å². The van der Waals surface area contributed by atoms with Crippen molar-refractivity contribution in [2.24, 2.45) is 0 Å². The highest BCUT2D eigenvalue weighted by Gasteiger charge is 2.22. The van der Waals surface area contributed by atoms with Gasteiger partial charge in [0.15, 0.2) is 0 Å². The highest BCUT2D eigenvalue weighted by molar-refractivity contribution is 6.11. The van der Waals surface area contributed by atoms with Gasteiger partial charge in [0, 0.05) is 44.2 Å². The molecule has 12 aromatic rings. The van der Waals surface area contributed by atoms with E-state index in [-0.39, 0.29) is 0 Å². The molecule has 1 aliphatic rings. The fourth-order valence-electron chi connectivity index (χ4n) is 10.6.